The van der Waals surface area contributed by atoms with Crippen molar-refractivity contribution < 1.29 is 0 Å². The molecule has 0 aromatic carbocycles. The van der Waals surface area contributed by atoms with Crippen LogP contribution in [-0.4, -0.2) is 0 Å². The van der Waals surface area contributed by atoms with Gasteiger partial charge < -0.3 is 0 Å². The first-order chi connectivity index (χ1) is 18.7. The van der Waals surface area contributed by atoms with E-state index in [1.165, 1.54) is 199 Å². The van der Waals surface area contributed by atoms with Crippen LogP contribution in [0.5, 0.6) is 0 Å². The van der Waals surface area contributed by atoms with E-state index in [1.54, 1.807) is 0 Å². The summed E-state index contributed by atoms with van der Waals surface area (Å²) in [5.41, 5.74) is 0. The summed E-state index contributed by atoms with van der Waals surface area (Å²) in [5, 5.41) is 0. The zero-order valence-electron chi connectivity index (χ0n) is 27.7. The summed E-state index contributed by atoms with van der Waals surface area (Å²) in [6.45, 7) is 9.42. The Morgan fingerprint density at radius 3 is 1.13 bits per heavy atom. The summed E-state index contributed by atoms with van der Waals surface area (Å²) in [7, 11) is 0. The van der Waals surface area contributed by atoms with Gasteiger partial charge in [-0.2, -0.15) is 0 Å². The highest BCUT2D eigenvalue weighted by atomic mass is 14.1. The van der Waals surface area contributed by atoms with Gasteiger partial charge in [-0.05, 0) is 24.7 Å². The smallest absolute Gasteiger partial charge is 0.0386 e. The number of hydrogen-bond donors (Lipinski definition) is 0. The Kier molecular flexibility index (Phi) is 33.2. The van der Waals surface area contributed by atoms with Gasteiger partial charge in [0.15, 0.2) is 0 Å². The van der Waals surface area contributed by atoms with E-state index in [9.17, 15) is 0 Å². The Labute approximate surface area is 244 Å². The van der Waals surface area contributed by atoms with Gasteiger partial charge in [-0.3, -0.25) is 0 Å². The van der Waals surface area contributed by atoms with E-state index in [1.807, 2.05) is 0 Å². The van der Waals surface area contributed by atoms with Crippen molar-refractivity contribution in [2.75, 3.05) is 0 Å². The fourth-order valence-corrected chi connectivity index (χ4v) is 6.11. The van der Waals surface area contributed by atoms with E-state index in [2.05, 4.69) is 34.1 Å². The van der Waals surface area contributed by atoms with Gasteiger partial charge in [-0.15, -0.1) is 0 Å². The average molecular weight is 534 g/mol. The van der Waals surface area contributed by atoms with Crippen molar-refractivity contribution in [3.05, 3.63) is 6.42 Å². The maximum atomic E-state index is 2.62. The summed E-state index contributed by atoms with van der Waals surface area (Å²) in [6.07, 6.45) is 47.9. The molecule has 0 aromatic heterocycles. The van der Waals surface area contributed by atoms with Crippen molar-refractivity contribution in [2.45, 2.75) is 227 Å². The summed E-state index contributed by atoms with van der Waals surface area (Å²) in [5.74, 6) is 1.88. The minimum Gasteiger partial charge on any atom is -0.0654 e. The molecule has 0 aliphatic heterocycles. The molecule has 0 aromatic rings. The lowest BCUT2D eigenvalue weighted by Crippen LogP contribution is -1.99. The lowest BCUT2D eigenvalue weighted by atomic mass is 9.92. The lowest BCUT2D eigenvalue weighted by Gasteiger charge is -2.14. The van der Waals surface area contributed by atoms with E-state index in [0.29, 0.717) is 0 Å². The summed E-state index contributed by atoms with van der Waals surface area (Å²) >= 11 is 0. The minimum atomic E-state index is 0.894. The first kappa shape index (κ1) is 38.0. The van der Waals surface area contributed by atoms with Crippen LogP contribution in [0.3, 0.4) is 0 Å². The fraction of sp³-hybridized carbons (Fsp3) is 0.974. The van der Waals surface area contributed by atoms with Gasteiger partial charge in [0.25, 0.3) is 0 Å². The summed E-state index contributed by atoms with van der Waals surface area (Å²) in [6, 6.07) is 0. The van der Waals surface area contributed by atoms with Gasteiger partial charge in [0.05, 0.1) is 0 Å². The number of rotatable bonds is 33. The van der Waals surface area contributed by atoms with E-state index >= 15 is 0 Å². The molecule has 0 heteroatoms. The molecule has 0 heterocycles. The predicted molar refractivity (Wildman–Crippen MR) is 177 cm³/mol. The van der Waals surface area contributed by atoms with Gasteiger partial charge in [0, 0.05) is 0 Å². The van der Waals surface area contributed by atoms with Crippen molar-refractivity contribution >= 4 is 0 Å². The Hall–Kier alpha value is 0. The Morgan fingerprint density at radius 2 is 0.737 bits per heavy atom. The van der Waals surface area contributed by atoms with Gasteiger partial charge in [0.1, 0.15) is 0 Å². The van der Waals surface area contributed by atoms with Gasteiger partial charge in [-0.25, -0.2) is 0 Å². The van der Waals surface area contributed by atoms with Crippen LogP contribution in [0.1, 0.15) is 227 Å². The van der Waals surface area contributed by atoms with Crippen LogP contribution < -0.4 is 0 Å². The number of hydrogen-bond acceptors (Lipinski definition) is 0. The Bertz CT molecular complexity index is 397. The molecule has 0 aliphatic rings. The summed E-state index contributed by atoms with van der Waals surface area (Å²) < 4.78 is 0. The monoisotopic (exact) mass is 534 g/mol. The van der Waals surface area contributed by atoms with E-state index in [-0.39, 0.29) is 0 Å². The van der Waals surface area contributed by atoms with Crippen molar-refractivity contribution in [1.29, 1.82) is 0 Å². The largest absolute Gasteiger partial charge is 0.0654 e. The predicted octanol–water partition coefficient (Wildman–Crippen LogP) is 14.6. The minimum absolute atomic E-state index is 0.894. The molecule has 0 nitrogen and oxygen atoms in total. The first-order valence-corrected chi connectivity index (χ1v) is 18.5. The molecule has 0 N–H and O–H groups in total. The third-order valence-electron chi connectivity index (χ3n) is 9.01. The van der Waals surface area contributed by atoms with Crippen LogP contribution in [0.2, 0.25) is 0 Å². The van der Waals surface area contributed by atoms with Crippen LogP contribution >= 0.6 is 0 Å². The van der Waals surface area contributed by atoms with Crippen molar-refractivity contribution in [1.82, 2.24) is 0 Å². The molecule has 0 amide bonds. The Morgan fingerprint density at radius 1 is 0.368 bits per heavy atom. The maximum Gasteiger partial charge on any atom is -0.0386 e. The lowest BCUT2D eigenvalue weighted by molar-refractivity contribution is 0.407. The topological polar surface area (TPSA) is 0 Å². The van der Waals surface area contributed by atoms with E-state index < -0.39 is 0 Å². The van der Waals surface area contributed by atoms with Crippen LogP contribution in [-0.2, 0) is 0 Å². The third kappa shape index (κ3) is 32.2. The normalized spacial score (nSPS) is 12.6. The zero-order valence-corrected chi connectivity index (χ0v) is 27.7. The highest BCUT2D eigenvalue weighted by Gasteiger charge is 2.06. The quantitative estimate of drug-likeness (QED) is 0.0736. The van der Waals surface area contributed by atoms with E-state index in [4.69, 9.17) is 0 Å². The second-order valence-corrected chi connectivity index (χ2v) is 13.4. The second kappa shape index (κ2) is 33.2. The molecule has 0 saturated carbocycles. The van der Waals surface area contributed by atoms with Crippen molar-refractivity contribution in [3.63, 3.8) is 0 Å². The molecule has 0 aliphatic carbocycles. The average Bonchev–Trinajstić information content (AvgIpc) is 2.91. The standard InChI is InChI=1S/C38H77/c1-5-7-8-9-10-11-19-23-26-29-32-35-38(6-2)36-33-30-27-24-21-18-16-14-12-13-15-17-20-22-25-28-31-34-37(3)4/h30,37-38H,5-29,31-36H2,1-4H3. The van der Waals surface area contributed by atoms with Crippen LogP contribution in [0.15, 0.2) is 0 Å². The second-order valence-electron chi connectivity index (χ2n) is 13.4. The molecule has 0 bridgehead atoms. The first-order valence-electron chi connectivity index (χ1n) is 18.5. The van der Waals surface area contributed by atoms with Crippen LogP contribution in [0, 0.1) is 18.3 Å². The molecule has 0 saturated heterocycles. The summed E-state index contributed by atoms with van der Waals surface area (Å²) in [4.78, 5) is 0. The molecule has 38 heavy (non-hydrogen) atoms. The van der Waals surface area contributed by atoms with Crippen LogP contribution in [0.25, 0.3) is 0 Å². The molecule has 1 unspecified atom stereocenters. The fourth-order valence-electron chi connectivity index (χ4n) is 6.11. The van der Waals surface area contributed by atoms with Gasteiger partial charge in [0.2, 0.25) is 0 Å². The van der Waals surface area contributed by atoms with Crippen LogP contribution in [0.4, 0.5) is 0 Å². The SMILES string of the molecule is CCCCCCCCCCCCCC(CC)CC[CH]CCCCCCCCCCCCCCCCC(C)C. The highest BCUT2D eigenvalue weighted by molar-refractivity contribution is 4.68. The molecule has 229 valence electrons. The number of unbranched alkanes of at least 4 members (excludes halogenated alkanes) is 26. The third-order valence-corrected chi connectivity index (χ3v) is 9.01. The molecular weight excluding hydrogens is 456 g/mol. The van der Waals surface area contributed by atoms with Gasteiger partial charge in [-0.1, -0.05) is 220 Å². The molecule has 0 spiro atoms. The van der Waals surface area contributed by atoms with E-state index in [0.717, 1.165) is 11.8 Å². The van der Waals surface area contributed by atoms with Gasteiger partial charge >= 0.3 is 0 Å². The highest BCUT2D eigenvalue weighted by Crippen LogP contribution is 2.22. The van der Waals surface area contributed by atoms with Crippen molar-refractivity contribution in [2.24, 2.45) is 11.8 Å². The maximum absolute atomic E-state index is 2.62. The molecule has 1 radical (unpaired) electrons. The molecular formula is C38H77. The Balaban J connectivity index is 3.24. The zero-order chi connectivity index (χ0) is 27.8. The molecule has 0 fully saturated rings. The van der Waals surface area contributed by atoms with Crippen molar-refractivity contribution in [3.8, 4) is 0 Å². The molecule has 1 atom stereocenters. The molecule has 0 rings (SSSR count).